The normalized spacial score (nSPS) is 13.5. The molecule has 0 saturated carbocycles. The lowest BCUT2D eigenvalue weighted by molar-refractivity contribution is -0.145. The Labute approximate surface area is 239 Å². The van der Waals surface area contributed by atoms with E-state index < -0.39 is 11.9 Å². The highest BCUT2D eigenvalue weighted by Gasteiger charge is 2.27. The molecule has 0 unspecified atom stereocenters. The molecule has 1 N–H and O–H groups in total. The smallest absolute Gasteiger partial charge is 0.351 e. The van der Waals surface area contributed by atoms with Crippen molar-refractivity contribution in [3.05, 3.63) is 63.9 Å². The molecular weight excluding hydrogens is 588 g/mol. The molecule has 0 spiro atoms. The average Bonchev–Trinajstić information content (AvgIpc) is 3.28. The third-order valence-electron chi connectivity index (χ3n) is 5.97. The minimum atomic E-state index is -0.568. The quantitative estimate of drug-likeness (QED) is 0.295. The van der Waals surface area contributed by atoms with Crippen molar-refractivity contribution in [1.29, 1.82) is 0 Å². The third kappa shape index (κ3) is 7.30. The Morgan fingerprint density at radius 3 is 2.51 bits per heavy atom. The fourth-order valence-electron chi connectivity index (χ4n) is 4.08. The molecule has 206 valence electrons. The molecular formula is C28H29BrN2O7S. The number of thiophene rings is 1. The van der Waals surface area contributed by atoms with Crippen LogP contribution in [0.15, 0.2) is 59.1 Å². The summed E-state index contributed by atoms with van der Waals surface area (Å²) in [5.74, 6) is -0.204. The van der Waals surface area contributed by atoms with Crippen molar-refractivity contribution in [2.75, 3.05) is 38.7 Å². The predicted molar refractivity (Wildman–Crippen MR) is 152 cm³/mol. The molecule has 9 nitrogen and oxygen atoms in total. The lowest BCUT2D eigenvalue weighted by Gasteiger charge is -2.32. The van der Waals surface area contributed by atoms with Crippen molar-refractivity contribution in [3.8, 4) is 21.9 Å². The molecule has 2 heterocycles. The van der Waals surface area contributed by atoms with Gasteiger partial charge in [-0.25, -0.2) is 14.4 Å². The van der Waals surface area contributed by atoms with Crippen molar-refractivity contribution in [1.82, 2.24) is 4.90 Å². The number of hydrogen-bond donors (Lipinski definition) is 1. The van der Waals surface area contributed by atoms with Crippen LogP contribution in [0.3, 0.4) is 0 Å². The molecule has 4 rings (SSSR count). The number of amides is 2. The summed E-state index contributed by atoms with van der Waals surface area (Å²) in [6, 6.07) is 16.8. The van der Waals surface area contributed by atoms with Crippen molar-refractivity contribution in [3.63, 3.8) is 0 Å². The van der Waals surface area contributed by atoms with Gasteiger partial charge in [0.2, 0.25) is 0 Å². The Balaban J connectivity index is 1.42. The monoisotopic (exact) mass is 616 g/mol. The van der Waals surface area contributed by atoms with Gasteiger partial charge in [-0.2, -0.15) is 0 Å². The van der Waals surface area contributed by atoms with Crippen LogP contribution in [0, 0.1) is 0 Å². The van der Waals surface area contributed by atoms with Gasteiger partial charge in [0.25, 0.3) is 0 Å². The van der Waals surface area contributed by atoms with Crippen LogP contribution in [0.25, 0.3) is 10.4 Å². The van der Waals surface area contributed by atoms with E-state index in [9.17, 15) is 14.4 Å². The minimum Gasteiger partial charge on any atom is -0.490 e. The third-order valence-corrected chi connectivity index (χ3v) is 8.19. The molecule has 1 fully saturated rings. The molecule has 3 aromatic rings. The van der Waals surface area contributed by atoms with Gasteiger partial charge in [0.05, 0.1) is 23.1 Å². The van der Waals surface area contributed by atoms with Gasteiger partial charge in [-0.15, -0.1) is 11.3 Å². The second-order valence-corrected chi connectivity index (χ2v) is 10.4. The zero-order valence-corrected chi connectivity index (χ0v) is 24.0. The lowest BCUT2D eigenvalue weighted by atomic mass is 10.1. The second kappa shape index (κ2) is 13.5. The van der Waals surface area contributed by atoms with Gasteiger partial charge in [0, 0.05) is 31.6 Å². The van der Waals surface area contributed by atoms with Crippen LogP contribution in [0.4, 0.5) is 10.5 Å². The summed E-state index contributed by atoms with van der Waals surface area (Å²) >= 11 is 4.72. The number of piperidine rings is 1. The van der Waals surface area contributed by atoms with E-state index in [2.05, 4.69) is 21.2 Å². The summed E-state index contributed by atoms with van der Waals surface area (Å²) in [6.45, 7) is 2.77. The number of rotatable bonds is 9. The van der Waals surface area contributed by atoms with Crippen LogP contribution in [0.2, 0.25) is 0 Å². The number of ether oxygens (including phenoxy) is 4. The van der Waals surface area contributed by atoms with Gasteiger partial charge in [-0.3, -0.25) is 0 Å². The average molecular weight is 618 g/mol. The zero-order chi connectivity index (χ0) is 27.8. The summed E-state index contributed by atoms with van der Waals surface area (Å²) in [5, 5.41) is 2.92. The molecule has 0 radical (unpaired) electrons. The number of hydrogen-bond acceptors (Lipinski definition) is 8. The molecule has 1 aliphatic heterocycles. The Morgan fingerprint density at radius 1 is 1.08 bits per heavy atom. The number of halogens is 1. The topological polar surface area (TPSA) is 103 Å². The highest BCUT2D eigenvalue weighted by atomic mass is 79.9. The highest BCUT2D eigenvalue weighted by Crippen LogP contribution is 2.46. The predicted octanol–water partition coefficient (Wildman–Crippen LogP) is 5.98. The summed E-state index contributed by atoms with van der Waals surface area (Å²) < 4.78 is 22.3. The first-order valence-electron chi connectivity index (χ1n) is 12.5. The Morgan fingerprint density at radius 2 is 1.82 bits per heavy atom. The van der Waals surface area contributed by atoms with Gasteiger partial charge in [-0.05, 0) is 52.7 Å². The van der Waals surface area contributed by atoms with Crippen molar-refractivity contribution in [2.45, 2.75) is 25.9 Å². The number of nitrogens with one attached hydrogen (secondary N) is 1. The largest absolute Gasteiger partial charge is 0.490 e. The molecule has 0 atom stereocenters. The number of anilines is 1. The van der Waals surface area contributed by atoms with E-state index in [1.165, 1.54) is 18.4 Å². The number of methoxy groups -OCH3 is 1. The number of urea groups is 1. The van der Waals surface area contributed by atoms with E-state index in [-0.39, 0.29) is 36.0 Å². The van der Waals surface area contributed by atoms with Crippen LogP contribution < -0.4 is 14.8 Å². The Bertz CT molecular complexity index is 1310. The molecule has 11 heteroatoms. The molecule has 1 aromatic heterocycles. The molecule has 0 aliphatic carbocycles. The number of carbonyl (C=O) groups excluding carboxylic acids is 3. The van der Waals surface area contributed by atoms with Crippen LogP contribution in [0.5, 0.6) is 11.5 Å². The Hall–Kier alpha value is -3.57. The van der Waals surface area contributed by atoms with Crippen LogP contribution in [0.1, 0.15) is 29.4 Å². The van der Waals surface area contributed by atoms with Gasteiger partial charge >= 0.3 is 18.0 Å². The number of benzene rings is 2. The van der Waals surface area contributed by atoms with Gasteiger partial charge in [-0.1, -0.05) is 30.3 Å². The van der Waals surface area contributed by atoms with E-state index in [1.807, 2.05) is 54.6 Å². The van der Waals surface area contributed by atoms with Crippen LogP contribution >= 0.6 is 27.3 Å². The summed E-state index contributed by atoms with van der Waals surface area (Å²) in [5.41, 5.74) is 1.57. The Kier molecular flexibility index (Phi) is 9.83. The highest BCUT2D eigenvalue weighted by molar-refractivity contribution is 9.10. The molecule has 2 amide bonds. The molecule has 1 aliphatic rings. The van der Waals surface area contributed by atoms with E-state index in [0.29, 0.717) is 36.2 Å². The maximum atomic E-state index is 12.6. The number of likely N-dealkylation sites (tertiary alicyclic amines) is 1. The summed E-state index contributed by atoms with van der Waals surface area (Å²) in [7, 11) is 1.29. The van der Waals surface area contributed by atoms with Gasteiger partial charge in [0.15, 0.2) is 17.2 Å². The molecule has 2 aromatic carbocycles. The first-order valence-corrected chi connectivity index (χ1v) is 14.1. The maximum Gasteiger partial charge on any atom is 0.351 e. The number of nitrogens with zero attached hydrogens (tertiary/aromatic N) is 1. The van der Waals surface area contributed by atoms with E-state index in [0.717, 1.165) is 16.1 Å². The van der Waals surface area contributed by atoms with Crippen LogP contribution in [-0.4, -0.2) is 62.4 Å². The first-order chi connectivity index (χ1) is 18.9. The molecule has 39 heavy (non-hydrogen) atoms. The standard InChI is InChI=1S/C28H29BrN2O7S/c1-3-36-22(32)17-37-24-23(29)25(39-26(24)27(33)35-2)18-8-7-11-21(16-18)38-20-12-14-31(15-13-20)28(34)30-19-9-5-4-6-10-19/h4-11,16,20H,3,12-15,17H2,1-2H3,(H,30,34). The molecule has 1 saturated heterocycles. The maximum absolute atomic E-state index is 12.6. The van der Waals surface area contributed by atoms with Crippen molar-refractivity contribution < 1.29 is 33.3 Å². The van der Waals surface area contributed by atoms with E-state index >= 15 is 0 Å². The SMILES string of the molecule is CCOC(=O)COc1c(C(=O)OC)sc(-c2cccc(OC3CCN(C(=O)Nc4ccccc4)CC3)c2)c1Br. The first kappa shape index (κ1) is 28.4. The van der Waals surface area contributed by atoms with Crippen LogP contribution in [-0.2, 0) is 14.3 Å². The lowest BCUT2D eigenvalue weighted by Crippen LogP contribution is -2.43. The molecule has 0 bridgehead atoms. The number of carbonyl (C=O) groups is 3. The fourth-order valence-corrected chi connectivity index (χ4v) is 6.04. The van der Waals surface area contributed by atoms with E-state index in [1.54, 1.807) is 11.8 Å². The fraction of sp³-hybridized carbons (Fsp3) is 0.321. The number of para-hydroxylation sites is 1. The van der Waals surface area contributed by atoms with Crippen molar-refractivity contribution >= 4 is 50.9 Å². The zero-order valence-electron chi connectivity index (χ0n) is 21.6. The minimum absolute atomic E-state index is 0.0399. The van der Waals surface area contributed by atoms with Gasteiger partial charge < -0.3 is 29.2 Å². The van der Waals surface area contributed by atoms with E-state index in [4.69, 9.17) is 18.9 Å². The summed E-state index contributed by atoms with van der Waals surface area (Å²) in [4.78, 5) is 39.6. The number of esters is 2. The van der Waals surface area contributed by atoms with Crippen molar-refractivity contribution in [2.24, 2.45) is 0 Å². The van der Waals surface area contributed by atoms with Gasteiger partial charge in [0.1, 0.15) is 11.9 Å². The second-order valence-electron chi connectivity index (χ2n) is 8.62. The summed E-state index contributed by atoms with van der Waals surface area (Å²) in [6.07, 6.45) is 1.36.